The van der Waals surface area contributed by atoms with Crippen LogP contribution < -0.4 is 10.6 Å². The predicted molar refractivity (Wildman–Crippen MR) is 68.9 cm³/mol. The maximum absolute atomic E-state index is 12.0. The minimum Gasteiger partial charge on any atom is -0.337 e. The molecule has 18 heavy (non-hydrogen) atoms. The summed E-state index contributed by atoms with van der Waals surface area (Å²) in [6.07, 6.45) is 4.77. The third kappa shape index (κ3) is 3.44. The van der Waals surface area contributed by atoms with Crippen molar-refractivity contribution < 1.29 is 4.79 Å². The Balaban J connectivity index is 1.82. The Morgan fingerprint density at radius 1 is 1.28 bits per heavy atom. The molecular weight excluding hydrogens is 228 g/mol. The Kier molecular flexibility index (Phi) is 4.56. The molecule has 0 atom stereocenters. The van der Waals surface area contributed by atoms with E-state index < -0.39 is 5.54 Å². The van der Waals surface area contributed by atoms with Gasteiger partial charge < -0.3 is 10.6 Å². The molecule has 1 amide bonds. The molecule has 2 fully saturated rings. The summed E-state index contributed by atoms with van der Waals surface area (Å²) in [4.78, 5) is 14.2. The first-order valence-corrected chi connectivity index (χ1v) is 6.89. The Labute approximate surface area is 109 Å². The number of rotatable bonds is 3. The fraction of sp³-hybridized carbons (Fsp3) is 0.846. The number of nitrogens with zero attached hydrogens (tertiary/aromatic N) is 2. The van der Waals surface area contributed by atoms with Gasteiger partial charge in [0.25, 0.3) is 0 Å². The summed E-state index contributed by atoms with van der Waals surface area (Å²) in [7, 11) is 0. The summed E-state index contributed by atoms with van der Waals surface area (Å²) in [6.45, 7) is 4.26. The number of carbonyl (C=O) groups excluding carboxylic acids is 1. The zero-order valence-electron chi connectivity index (χ0n) is 10.9. The zero-order valence-corrected chi connectivity index (χ0v) is 10.9. The van der Waals surface area contributed by atoms with Gasteiger partial charge in [-0.15, -0.1) is 0 Å². The van der Waals surface area contributed by atoms with Crippen molar-refractivity contribution in [1.82, 2.24) is 15.5 Å². The van der Waals surface area contributed by atoms with Crippen LogP contribution in [0.3, 0.4) is 0 Å². The van der Waals surface area contributed by atoms with Crippen molar-refractivity contribution >= 4 is 5.91 Å². The average Bonchev–Trinajstić information content (AvgIpc) is 2.67. The highest BCUT2D eigenvalue weighted by Gasteiger charge is 2.35. The lowest BCUT2D eigenvalue weighted by atomic mass is 10.00. The molecule has 1 aliphatic carbocycles. The monoisotopic (exact) mass is 250 g/mol. The zero-order chi connectivity index (χ0) is 12.8. The van der Waals surface area contributed by atoms with Gasteiger partial charge in [-0.05, 0) is 45.2 Å². The summed E-state index contributed by atoms with van der Waals surface area (Å²) >= 11 is 0. The van der Waals surface area contributed by atoms with Crippen molar-refractivity contribution in [2.75, 3.05) is 32.7 Å². The van der Waals surface area contributed by atoms with Crippen molar-refractivity contribution in [2.45, 2.75) is 37.6 Å². The Bertz CT molecular complexity index is 322. The standard InChI is InChI=1S/C13H22N4O/c14-11-13(4-1-2-5-13)16-12(18)10-17-8-3-6-15-7-9-17/h15H,1-10H2,(H,16,18). The molecule has 100 valence electrons. The Morgan fingerprint density at radius 3 is 2.78 bits per heavy atom. The first-order valence-electron chi connectivity index (χ1n) is 6.89. The molecule has 0 aromatic rings. The van der Waals surface area contributed by atoms with E-state index in [0.717, 1.165) is 58.3 Å². The quantitative estimate of drug-likeness (QED) is 0.752. The van der Waals surface area contributed by atoms with E-state index in [-0.39, 0.29) is 5.91 Å². The lowest BCUT2D eigenvalue weighted by Crippen LogP contribution is -2.49. The van der Waals surface area contributed by atoms with Crippen LogP contribution in [0.5, 0.6) is 0 Å². The number of hydrogen-bond acceptors (Lipinski definition) is 4. The smallest absolute Gasteiger partial charge is 0.235 e. The summed E-state index contributed by atoms with van der Waals surface area (Å²) in [5, 5.41) is 15.5. The van der Waals surface area contributed by atoms with Crippen LogP contribution in [0.15, 0.2) is 0 Å². The van der Waals surface area contributed by atoms with Crippen molar-refractivity contribution in [1.29, 1.82) is 5.26 Å². The molecule has 0 spiro atoms. The molecular formula is C13H22N4O. The molecule has 1 aliphatic heterocycles. The van der Waals surface area contributed by atoms with Crippen molar-refractivity contribution in [3.05, 3.63) is 0 Å². The summed E-state index contributed by atoms with van der Waals surface area (Å²) < 4.78 is 0. The molecule has 2 N–H and O–H groups in total. The number of amides is 1. The summed E-state index contributed by atoms with van der Waals surface area (Å²) in [5.74, 6) is 0.000324. The van der Waals surface area contributed by atoms with Gasteiger partial charge >= 0.3 is 0 Å². The molecule has 0 aromatic carbocycles. The first kappa shape index (κ1) is 13.3. The predicted octanol–water partition coefficient (Wildman–Crippen LogP) is 0.234. The normalized spacial score (nSPS) is 24.2. The van der Waals surface area contributed by atoms with Crippen LogP contribution >= 0.6 is 0 Å². The molecule has 1 saturated carbocycles. The SMILES string of the molecule is N#CC1(NC(=O)CN2CCCNCC2)CCCC1. The third-order valence-corrected chi connectivity index (χ3v) is 3.85. The van der Waals surface area contributed by atoms with Gasteiger partial charge in [-0.25, -0.2) is 0 Å². The number of carbonyl (C=O) groups is 1. The molecule has 2 aliphatic rings. The second-order valence-corrected chi connectivity index (χ2v) is 5.33. The Hall–Kier alpha value is -1.12. The number of hydrogen-bond donors (Lipinski definition) is 2. The molecule has 5 heteroatoms. The van der Waals surface area contributed by atoms with E-state index >= 15 is 0 Å². The molecule has 1 heterocycles. The highest BCUT2D eigenvalue weighted by atomic mass is 16.2. The topological polar surface area (TPSA) is 68.2 Å². The third-order valence-electron chi connectivity index (χ3n) is 3.85. The van der Waals surface area contributed by atoms with E-state index in [0.29, 0.717) is 6.54 Å². The number of nitrogens with one attached hydrogen (secondary N) is 2. The van der Waals surface area contributed by atoms with Crippen LogP contribution in [-0.2, 0) is 4.79 Å². The van der Waals surface area contributed by atoms with Gasteiger partial charge in [0.05, 0.1) is 12.6 Å². The van der Waals surface area contributed by atoms with Crippen molar-refractivity contribution in [2.24, 2.45) is 0 Å². The molecule has 0 aromatic heterocycles. The van der Waals surface area contributed by atoms with Gasteiger partial charge in [-0.2, -0.15) is 5.26 Å². The van der Waals surface area contributed by atoms with Crippen molar-refractivity contribution in [3.63, 3.8) is 0 Å². The highest BCUT2D eigenvalue weighted by molar-refractivity contribution is 5.79. The highest BCUT2D eigenvalue weighted by Crippen LogP contribution is 2.28. The largest absolute Gasteiger partial charge is 0.337 e. The van der Waals surface area contributed by atoms with Gasteiger partial charge in [0, 0.05) is 13.1 Å². The van der Waals surface area contributed by atoms with E-state index in [1.807, 2.05) is 0 Å². The average molecular weight is 250 g/mol. The first-order chi connectivity index (χ1) is 8.74. The lowest BCUT2D eigenvalue weighted by Gasteiger charge is -2.25. The molecule has 0 radical (unpaired) electrons. The molecule has 2 rings (SSSR count). The van der Waals surface area contributed by atoms with Crippen LogP contribution in [-0.4, -0.2) is 49.1 Å². The van der Waals surface area contributed by atoms with Crippen LogP contribution in [0, 0.1) is 11.3 Å². The summed E-state index contributed by atoms with van der Waals surface area (Å²) in [6, 6.07) is 2.30. The summed E-state index contributed by atoms with van der Waals surface area (Å²) in [5.41, 5.74) is -0.582. The minimum atomic E-state index is -0.582. The van der Waals surface area contributed by atoms with Gasteiger partial charge in [0.15, 0.2) is 0 Å². The van der Waals surface area contributed by atoms with Gasteiger partial charge in [-0.1, -0.05) is 0 Å². The molecule has 0 bridgehead atoms. The van der Waals surface area contributed by atoms with Gasteiger partial charge in [-0.3, -0.25) is 9.69 Å². The van der Waals surface area contributed by atoms with E-state index in [4.69, 9.17) is 0 Å². The minimum absolute atomic E-state index is 0.000324. The fourth-order valence-corrected chi connectivity index (χ4v) is 2.81. The van der Waals surface area contributed by atoms with Gasteiger partial charge in [0.2, 0.25) is 5.91 Å². The maximum Gasteiger partial charge on any atom is 0.235 e. The molecule has 0 unspecified atom stereocenters. The molecule has 5 nitrogen and oxygen atoms in total. The Morgan fingerprint density at radius 2 is 2.06 bits per heavy atom. The van der Waals surface area contributed by atoms with E-state index in [1.54, 1.807) is 0 Å². The van der Waals surface area contributed by atoms with Crippen LogP contribution in [0.2, 0.25) is 0 Å². The van der Waals surface area contributed by atoms with Crippen LogP contribution in [0.1, 0.15) is 32.1 Å². The molecule has 1 saturated heterocycles. The fourth-order valence-electron chi connectivity index (χ4n) is 2.81. The second kappa shape index (κ2) is 6.17. The van der Waals surface area contributed by atoms with Gasteiger partial charge in [0.1, 0.15) is 5.54 Å². The lowest BCUT2D eigenvalue weighted by molar-refractivity contribution is -0.123. The second-order valence-electron chi connectivity index (χ2n) is 5.33. The van der Waals surface area contributed by atoms with E-state index in [1.165, 1.54) is 0 Å². The van der Waals surface area contributed by atoms with E-state index in [9.17, 15) is 10.1 Å². The van der Waals surface area contributed by atoms with Crippen LogP contribution in [0.25, 0.3) is 0 Å². The van der Waals surface area contributed by atoms with Crippen LogP contribution in [0.4, 0.5) is 0 Å². The number of nitriles is 1. The maximum atomic E-state index is 12.0. The van der Waals surface area contributed by atoms with Crippen molar-refractivity contribution in [3.8, 4) is 6.07 Å². The van der Waals surface area contributed by atoms with E-state index in [2.05, 4.69) is 21.6 Å².